The molecule has 0 aliphatic carbocycles. The molecule has 0 bridgehead atoms. The molecule has 2 amide bonds. The molecule has 120 valence electrons. The largest absolute Gasteiger partial charge is 0.471 e. The highest BCUT2D eigenvalue weighted by molar-refractivity contribution is 6.07. The maximum atomic E-state index is 12.8. The van der Waals surface area contributed by atoms with E-state index >= 15 is 0 Å². The number of anilines is 2. The van der Waals surface area contributed by atoms with Crippen molar-refractivity contribution in [3.8, 4) is 0 Å². The number of carbonyl (C=O) groups is 2. The van der Waals surface area contributed by atoms with E-state index in [1.54, 1.807) is 5.32 Å². The molecule has 2 N–H and O–H groups in total. The van der Waals surface area contributed by atoms with Crippen molar-refractivity contribution in [3.63, 3.8) is 0 Å². The Balaban J connectivity index is 2.19. The van der Waals surface area contributed by atoms with Crippen molar-refractivity contribution in [2.45, 2.75) is 6.18 Å². The summed E-state index contributed by atoms with van der Waals surface area (Å²) in [5, 5.41) is 4.04. The van der Waals surface area contributed by atoms with Gasteiger partial charge >= 0.3 is 12.1 Å². The van der Waals surface area contributed by atoms with Crippen LogP contribution < -0.4 is 10.6 Å². The highest BCUT2D eigenvalue weighted by Gasteiger charge is 2.39. The molecule has 0 aromatic heterocycles. The van der Waals surface area contributed by atoms with E-state index in [1.807, 2.05) is 0 Å². The van der Waals surface area contributed by atoms with Gasteiger partial charge in [0.25, 0.3) is 5.91 Å². The molecule has 0 saturated carbocycles. The van der Waals surface area contributed by atoms with Gasteiger partial charge in [-0.25, -0.2) is 4.39 Å². The van der Waals surface area contributed by atoms with E-state index in [1.165, 1.54) is 36.4 Å². The van der Waals surface area contributed by atoms with Crippen molar-refractivity contribution in [2.24, 2.45) is 0 Å². The molecule has 8 heteroatoms. The second-order valence-electron chi connectivity index (χ2n) is 4.46. The number of carbonyl (C=O) groups excluding carboxylic acids is 2. The van der Waals surface area contributed by atoms with Crippen molar-refractivity contribution in [1.82, 2.24) is 0 Å². The van der Waals surface area contributed by atoms with Crippen LogP contribution in [0.3, 0.4) is 0 Å². The number of amides is 2. The van der Waals surface area contributed by atoms with Gasteiger partial charge < -0.3 is 10.6 Å². The number of halogens is 4. The molecule has 0 unspecified atom stereocenters. The van der Waals surface area contributed by atoms with Gasteiger partial charge in [-0.1, -0.05) is 12.1 Å². The Morgan fingerprint density at radius 3 is 1.87 bits per heavy atom. The SMILES string of the molecule is O=C(Nc1ccccc1NC(=O)C(F)(F)F)c1ccc(F)cc1. The first-order chi connectivity index (χ1) is 10.8. The summed E-state index contributed by atoms with van der Waals surface area (Å²) in [6.45, 7) is 0. The topological polar surface area (TPSA) is 58.2 Å². The van der Waals surface area contributed by atoms with E-state index in [0.29, 0.717) is 0 Å². The Morgan fingerprint density at radius 1 is 0.826 bits per heavy atom. The molecule has 0 fully saturated rings. The number of alkyl halides is 3. The second-order valence-corrected chi connectivity index (χ2v) is 4.46. The first-order valence-corrected chi connectivity index (χ1v) is 6.31. The zero-order valence-electron chi connectivity index (χ0n) is 11.4. The molecule has 0 aliphatic rings. The van der Waals surface area contributed by atoms with E-state index in [9.17, 15) is 27.2 Å². The predicted molar refractivity (Wildman–Crippen MR) is 75.5 cm³/mol. The van der Waals surface area contributed by atoms with Crippen LogP contribution in [0.1, 0.15) is 10.4 Å². The molecule has 0 radical (unpaired) electrons. The van der Waals surface area contributed by atoms with Crippen molar-refractivity contribution in [2.75, 3.05) is 10.6 Å². The van der Waals surface area contributed by atoms with Crippen LogP contribution in [0.4, 0.5) is 28.9 Å². The lowest BCUT2D eigenvalue weighted by molar-refractivity contribution is -0.167. The van der Waals surface area contributed by atoms with Gasteiger partial charge in [0, 0.05) is 5.56 Å². The van der Waals surface area contributed by atoms with E-state index in [2.05, 4.69) is 5.32 Å². The van der Waals surface area contributed by atoms with Crippen molar-refractivity contribution in [3.05, 3.63) is 59.9 Å². The van der Waals surface area contributed by atoms with Crippen LogP contribution in [0.5, 0.6) is 0 Å². The minimum Gasteiger partial charge on any atom is -0.320 e. The number of para-hydroxylation sites is 2. The van der Waals surface area contributed by atoms with Gasteiger partial charge in [-0.3, -0.25) is 9.59 Å². The summed E-state index contributed by atoms with van der Waals surface area (Å²) in [5.74, 6) is -3.33. The fraction of sp³-hybridized carbons (Fsp3) is 0.0667. The van der Waals surface area contributed by atoms with Crippen molar-refractivity contribution >= 4 is 23.2 Å². The van der Waals surface area contributed by atoms with E-state index in [0.717, 1.165) is 12.1 Å². The molecular weight excluding hydrogens is 316 g/mol. The van der Waals surface area contributed by atoms with Gasteiger partial charge in [-0.2, -0.15) is 13.2 Å². The van der Waals surface area contributed by atoms with Crippen LogP contribution in [-0.4, -0.2) is 18.0 Å². The van der Waals surface area contributed by atoms with Crippen molar-refractivity contribution < 1.29 is 27.2 Å². The number of benzene rings is 2. The number of hydrogen-bond donors (Lipinski definition) is 2. The van der Waals surface area contributed by atoms with Crippen LogP contribution in [0.15, 0.2) is 48.5 Å². The third kappa shape index (κ3) is 4.29. The summed E-state index contributed by atoms with van der Waals surface area (Å²) >= 11 is 0. The van der Waals surface area contributed by atoms with Crippen LogP contribution in [0, 0.1) is 5.82 Å². The predicted octanol–water partition coefficient (Wildman–Crippen LogP) is 3.58. The molecule has 23 heavy (non-hydrogen) atoms. The number of nitrogens with one attached hydrogen (secondary N) is 2. The monoisotopic (exact) mass is 326 g/mol. The highest BCUT2D eigenvalue weighted by atomic mass is 19.4. The number of hydrogen-bond acceptors (Lipinski definition) is 2. The lowest BCUT2D eigenvalue weighted by atomic mass is 10.2. The van der Waals surface area contributed by atoms with E-state index < -0.39 is 23.8 Å². The van der Waals surface area contributed by atoms with Crippen molar-refractivity contribution in [1.29, 1.82) is 0 Å². The van der Waals surface area contributed by atoms with E-state index in [-0.39, 0.29) is 16.9 Å². The quantitative estimate of drug-likeness (QED) is 0.847. The third-order valence-corrected chi connectivity index (χ3v) is 2.79. The zero-order valence-corrected chi connectivity index (χ0v) is 11.4. The lowest BCUT2D eigenvalue weighted by Crippen LogP contribution is -2.30. The summed E-state index contributed by atoms with van der Waals surface area (Å²) in [4.78, 5) is 23.0. The molecular formula is C15H10F4N2O2. The Bertz CT molecular complexity index is 727. The Kier molecular flexibility index (Phi) is 4.63. The third-order valence-electron chi connectivity index (χ3n) is 2.79. The van der Waals surface area contributed by atoms with Crippen LogP contribution >= 0.6 is 0 Å². The van der Waals surface area contributed by atoms with E-state index in [4.69, 9.17) is 0 Å². The van der Waals surface area contributed by atoms with Crippen LogP contribution in [0.2, 0.25) is 0 Å². The Hall–Kier alpha value is -2.90. The summed E-state index contributed by atoms with van der Waals surface area (Å²) in [5.41, 5.74) is -0.104. The van der Waals surface area contributed by atoms with Gasteiger partial charge in [0.05, 0.1) is 11.4 Å². The first kappa shape index (κ1) is 16.5. The lowest BCUT2D eigenvalue weighted by Gasteiger charge is -2.13. The zero-order chi connectivity index (χ0) is 17.0. The van der Waals surface area contributed by atoms with Gasteiger partial charge in [0.1, 0.15) is 5.82 Å². The fourth-order valence-corrected chi connectivity index (χ4v) is 1.69. The molecule has 0 heterocycles. The molecule has 2 aromatic carbocycles. The summed E-state index contributed by atoms with van der Waals surface area (Å²) in [6, 6.07) is 10.0. The number of rotatable bonds is 3. The highest BCUT2D eigenvalue weighted by Crippen LogP contribution is 2.25. The summed E-state index contributed by atoms with van der Waals surface area (Å²) in [7, 11) is 0. The van der Waals surface area contributed by atoms with Crippen LogP contribution in [-0.2, 0) is 4.79 Å². The Labute approximate surface area is 128 Å². The molecule has 2 rings (SSSR count). The van der Waals surface area contributed by atoms with Crippen LogP contribution in [0.25, 0.3) is 0 Å². The second kappa shape index (κ2) is 6.47. The van der Waals surface area contributed by atoms with Gasteiger partial charge in [-0.05, 0) is 36.4 Å². The minimum absolute atomic E-state index is 0.0144. The molecule has 0 aliphatic heterocycles. The molecule has 4 nitrogen and oxygen atoms in total. The fourth-order valence-electron chi connectivity index (χ4n) is 1.69. The summed E-state index contributed by atoms with van der Waals surface area (Å²) in [6.07, 6.45) is -5.05. The minimum atomic E-state index is -5.05. The summed E-state index contributed by atoms with van der Waals surface area (Å²) < 4.78 is 49.7. The smallest absolute Gasteiger partial charge is 0.320 e. The Morgan fingerprint density at radius 2 is 1.35 bits per heavy atom. The molecule has 0 saturated heterocycles. The standard InChI is InChI=1S/C15H10F4N2O2/c16-10-7-5-9(6-8-10)13(22)20-11-3-1-2-4-12(11)21-14(23)15(17,18)19/h1-8H,(H,20,22)(H,21,23). The molecule has 2 aromatic rings. The van der Waals surface area contributed by atoms with Gasteiger partial charge in [-0.15, -0.1) is 0 Å². The average molecular weight is 326 g/mol. The normalized spacial score (nSPS) is 11.0. The average Bonchev–Trinajstić information content (AvgIpc) is 2.48. The molecule has 0 spiro atoms. The van der Waals surface area contributed by atoms with Gasteiger partial charge in [0.15, 0.2) is 0 Å². The first-order valence-electron chi connectivity index (χ1n) is 6.31. The maximum absolute atomic E-state index is 12.8. The van der Waals surface area contributed by atoms with Gasteiger partial charge in [0.2, 0.25) is 0 Å². The maximum Gasteiger partial charge on any atom is 0.471 e. The molecule has 0 atom stereocenters.